The van der Waals surface area contributed by atoms with Crippen molar-refractivity contribution in [1.82, 2.24) is 5.32 Å². The second-order valence-electron chi connectivity index (χ2n) is 4.85. The lowest BCUT2D eigenvalue weighted by molar-refractivity contribution is 0.414. The third-order valence-electron chi connectivity index (χ3n) is 3.42. The molecule has 2 nitrogen and oxygen atoms in total. The Hall–Kier alpha value is -2.06. The lowest BCUT2D eigenvalue weighted by Gasteiger charge is -2.16. The third kappa shape index (κ3) is 3.72. The molecule has 0 aliphatic rings. The van der Waals surface area contributed by atoms with E-state index in [0.29, 0.717) is 0 Å². The fraction of sp³-hybridized carbons (Fsp3) is 0.222. The number of benzene rings is 2. The fourth-order valence-electron chi connectivity index (χ4n) is 2.06. The zero-order valence-electron chi connectivity index (χ0n) is 12.1. The van der Waals surface area contributed by atoms with Crippen molar-refractivity contribution in [3.63, 3.8) is 0 Å². The Morgan fingerprint density at radius 2 is 1.75 bits per heavy atom. The highest BCUT2D eigenvalue weighted by molar-refractivity contribution is 5.64. The molecule has 0 bridgehead atoms. The van der Waals surface area contributed by atoms with Gasteiger partial charge in [0.2, 0.25) is 0 Å². The van der Waals surface area contributed by atoms with Gasteiger partial charge in [0.25, 0.3) is 0 Å². The summed E-state index contributed by atoms with van der Waals surface area (Å²) in [6, 6.07) is 18.7. The van der Waals surface area contributed by atoms with E-state index in [0.717, 1.165) is 17.9 Å². The number of rotatable bonds is 6. The molecule has 0 aliphatic carbocycles. The van der Waals surface area contributed by atoms with Crippen molar-refractivity contribution in [2.45, 2.75) is 13.0 Å². The molecule has 0 fully saturated rings. The van der Waals surface area contributed by atoms with E-state index in [1.54, 1.807) is 7.11 Å². The Bertz CT molecular complexity index is 545. The van der Waals surface area contributed by atoms with Crippen LogP contribution in [0.1, 0.15) is 24.1 Å². The van der Waals surface area contributed by atoms with Crippen molar-refractivity contribution in [2.24, 2.45) is 0 Å². The van der Waals surface area contributed by atoms with E-state index in [1.807, 2.05) is 30.3 Å². The molecule has 104 valence electrons. The van der Waals surface area contributed by atoms with Crippen molar-refractivity contribution >= 4 is 5.57 Å². The quantitative estimate of drug-likeness (QED) is 0.852. The van der Waals surface area contributed by atoms with Crippen molar-refractivity contribution in [1.29, 1.82) is 0 Å². The highest BCUT2D eigenvalue weighted by Gasteiger charge is 2.06. The van der Waals surface area contributed by atoms with E-state index >= 15 is 0 Å². The molecular formula is C18H21NO. The molecule has 0 unspecified atom stereocenters. The Morgan fingerprint density at radius 3 is 2.35 bits per heavy atom. The second kappa shape index (κ2) is 6.92. The second-order valence-corrected chi connectivity index (χ2v) is 4.85. The summed E-state index contributed by atoms with van der Waals surface area (Å²) in [6.45, 7) is 7.06. The van der Waals surface area contributed by atoms with E-state index < -0.39 is 0 Å². The molecule has 0 spiro atoms. The van der Waals surface area contributed by atoms with Crippen molar-refractivity contribution in [3.05, 3.63) is 72.3 Å². The van der Waals surface area contributed by atoms with Crippen LogP contribution in [-0.2, 0) is 0 Å². The van der Waals surface area contributed by atoms with Crippen molar-refractivity contribution in [2.75, 3.05) is 13.7 Å². The Kier molecular flexibility index (Phi) is 4.97. The van der Waals surface area contributed by atoms with Crippen LogP contribution in [-0.4, -0.2) is 13.7 Å². The summed E-state index contributed by atoms with van der Waals surface area (Å²) >= 11 is 0. The van der Waals surface area contributed by atoms with E-state index in [-0.39, 0.29) is 6.04 Å². The van der Waals surface area contributed by atoms with E-state index in [4.69, 9.17) is 4.74 Å². The minimum Gasteiger partial charge on any atom is -0.497 e. The Balaban J connectivity index is 1.91. The predicted molar refractivity (Wildman–Crippen MR) is 84.9 cm³/mol. The molecule has 0 saturated heterocycles. The Morgan fingerprint density at radius 1 is 1.10 bits per heavy atom. The van der Waals surface area contributed by atoms with Gasteiger partial charge >= 0.3 is 0 Å². The molecule has 2 heteroatoms. The van der Waals surface area contributed by atoms with Crippen LogP contribution >= 0.6 is 0 Å². The van der Waals surface area contributed by atoms with Gasteiger partial charge in [-0.15, -0.1) is 0 Å². The molecule has 2 aromatic carbocycles. The molecule has 0 aromatic heterocycles. The topological polar surface area (TPSA) is 21.3 Å². The van der Waals surface area contributed by atoms with Gasteiger partial charge in [-0.2, -0.15) is 0 Å². The van der Waals surface area contributed by atoms with Gasteiger partial charge in [0.15, 0.2) is 0 Å². The summed E-state index contributed by atoms with van der Waals surface area (Å²) in [4.78, 5) is 0. The van der Waals surface area contributed by atoms with Crippen LogP contribution in [0.15, 0.2) is 61.2 Å². The normalized spacial score (nSPS) is 11.9. The minimum absolute atomic E-state index is 0.279. The van der Waals surface area contributed by atoms with Crippen LogP contribution in [0.3, 0.4) is 0 Å². The first-order valence-electron chi connectivity index (χ1n) is 6.81. The molecule has 0 aliphatic heterocycles. The molecule has 0 radical (unpaired) electrons. The number of methoxy groups -OCH3 is 1. The van der Waals surface area contributed by atoms with E-state index in [2.05, 4.69) is 43.1 Å². The zero-order chi connectivity index (χ0) is 14.4. The smallest absolute Gasteiger partial charge is 0.118 e. The molecular weight excluding hydrogens is 246 g/mol. The maximum atomic E-state index is 5.17. The van der Waals surface area contributed by atoms with Crippen LogP contribution in [0.5, 0.6) is 5.75 Å². The molecule has 0 amide bonds. The van der Waals surface area contributed by atoms with Gasteiger partial charge in [-0.3, -0.25) is 0 Å². The minimum atomic E-state index is 0.279. The number of hydrogen-bond acceptors (Lipinski definition) is 2. The standard InChI is InChI=1S/C18H21NO/c1-14(16-7-5-4-6-8-16)13-19-15(2)17-9-11-18(20-3)12-10-17/h4-12,15,19H,1,13H2,2-3H3/t15-/m1/s1. The van der Waals surface area contributed by atoms with Crippen molar-refractivity contribution in [3.8, 4) is 5.75 Å². The molecule has 1 atom stereocenters. The predicted octanol–water partition coefficient (Wildman–Crippen LogP) is 4.06. The van der Waals surface area contributed by atoms with Gasteiger partial charge in [0.1, 0.15) is 5.75 Å². The molecule has 1 N–H and O–H groups in total. The average molecular weight is 267 g/mol. The van der Waals surface area contributed by atoms with E-state index in [9.17, 15) is 0 Å². The van der Waals surface area contributed by atoms with Crippen LogP contribution in [0.4, 0.5) is 0 Å². The van der Waals surface area contributed by atoms with Gasteiger partial charge in [-0.1, -0.05) is 49.0 Å². The molecule has 2 rings (SSSR count). The summed E-state index contributed by atoms with van der Waals surface area (Å²) in [5, 5.41) is 3.49. The van der Waals surface area contributed by atoms with Gasteiger partial charge in [0, 0.05) is 12.6 Å². The largest absolute Gasteiger partial charge is 0.497 e. The van der Waals surface area contributed by atoms with Gasteiger partial charge in [-0.05, 0) is 35.8 Å². The summed E-state index contributed by atoms with van der Waals surface area (Å²) in [6.07, 6.45) is 0. The lowest BCUT2D eigenvalue weighted by Crippen LogP contribution is -2.20. The molecule has 2 aromatic rings. The monoisotopic (exact) mass is 267 g/mol. The van der Waals surface area contributed by atoms with Crippen LogP contribution < -0.4 is 10.1 Å². The Labute approximate surface area is 121 Å². The maximum Gasteiger partial charge on any atom is 0.118 e. The zero-order valence-corrected chi connectivity index (χ0v) is 12.1. The molecule has 0 saturated carbocycles. The van der Waals surface area contributed by atoms with E-state index in [1.165, 1.54) is 11.1 Å². The van der Waals surface area contributed by atoms with Gasteiger partial charge < -0.3 is 10.1 Å². The highest BCUT2D eigenvalue weighted by Crippen LogP contribution is 2.18. The summed E-state index contributed by atoms with van der Waals surface area (Å²) < 4.78 is 5.17. The van der Waals surface area contributed by atoms with Crippen LogP contribution in [0, 0.1) is 0 Å². The number of nitrogens with one attached hydrogen (secondary N) is 1. The third-order valence-corrected chi connectivity index (χ3v) is 3.42. The first kappa shape index (κ1) is 14.4. The molecule has 20 heavy (non-hydrogen) atoms. The molecule has 0 heterocycles. The SMILES string of the molecule is C=C(CN[C@H](C)c1ccc(OC)cc1)c1ccccc1. The maximum absolute atomic E-state index is 5.17. The fourth-order valence-corrected chi connectivity index (χ4v) is 2.06. The first-order chi connectivity index (χ1) is 9.70. The summed E-state index contributed by atoms with van der Waals surface area (Å²) in [7, 11) is 1.68. The van der Waals surface area contributed by atoms with Crippen molar-refractivity contribution < 1.29 is 4.74 Å². The summed E-state index contributed by atoms with van der Waals surface area (Å²) in [5.41, 5.74) is 3.53. The van der Waals surface area contributed by atoms with Gasteiger partial charge in [-0.25, -0.2) is 0 Å². The average Bonchev–Trinajstić information content (AvgIpc) is 2.53. The number of hydrogen-bond donors (Lipinski definition) is 1. The number of ether oxygens (including phenoxy) is 1. The highest BCUT2D eigenvalue weighted by atomic mass is 16.5. The lowest BCUT2D eigenvalue weighted by atomic mass is 10.1. The van der Waals surface area contributed by atoms with Crippen LogP contribution in [0.2, 0.25) is 0 Å². The van der Waals surface area contributed by atoms with Gasteiger partial charge in [0.05, 0.1) is 7.11 Å². The summed E-state index contributed by atoms with van der Waals surface area (Å²) in [5.74, 6) is 0.884. The van der Waals surface area contributed by atoms with Crippen LogP contribution in [0.25, 0.3) is 5.57 Å². The first-order valence-corrected chi connectivity index (χ1v) is 6.81.